The van der Waals surface area contributed by atoms with Gasteiger partial charge in [-0.15, -0.1) is 0 Å². The lowest BCUT2D eigenvalue weighted by atomic mass is 10.2. The zero-order valence-corrected chi connectivity index (χ0v) is 18.3. The van der Waals surface area contributed by atoms with Crippen molar-refractivity contribution in [2.45, 2.75) is 24.5 Å². The summed E-state index contributed by atoms with van der Waals surface area (Å²) in [5, 5.41) is 0. The van der Waals surface area contributed by atoms with Gasteiger partial charge in [0.1, 0.15) is 23.2 Å². The number of sulfone groups is 1. The molecule has 1 aliphatic heterocycles. The summed E-state index contributed by atoms with van der Waals surface area (Å²) in [4.78, 5) is 25.7. The smallest absolute Gasteiger partial charge is 0.289 e. The third kappa shape index (κ3) is 4.77. The Hall–Kier alpha value is -3.20. The Kier molecular flexibility index (Phi) is 5.77. The molecule has 0 atom stereocenters. The van der Waals surface area contributed by atoms with Crippen LogP contribution in [0.25, 0.3) is 0 Å². The first-order chi connectivity index (χ1) is 14.8. The average Bonchev–Trinajstić information content (AvgIpc) is 3.21. The number of amides is 1. The number of anilines is 1. The van der Waals surface area contributed by atoms with Crippen LogP contribution in [-0.4, -0.2) is 55.4 Å². The first kappa shape index (κ1) is 21.0. The lowest BCUT2D eigenvalue weighted by molar-refractivity contribution is 0.0713. The lowest BCUT2D eigenvalue weighted by Crippen LogP contribution is -2.49. The van der Waals surface area contributed by atoms with Gasteiger partial charge >= 0.3 is 0 Å². The molecule has 9 heteroatoms. The van der Waals surface area contributed by atoms with Crippen molar-refractivity contribution < 1.29 is 17.6 Å². The van der Waals surface area contributed by atoms with E-state index >= 15 is 0 Å². The van der Waals surface area contributed by atoms with Crippen LogP contribution in [0.4, 0.5) is 5.82 Å². The van der Waals surface area contributed by atoms with E-state index in [1.165, 1.54) is 0 Å². The van der Waals surface area contributed by atoms with Crippen LogP contribution in [0.2, 0.25) is 0 Å². The van der Waals surface area contributed by atoms with Gasteiger partial charge < -0.3 is 14.2 Å². The molecule has 0 bridgehead atoms. The maximum atomic E-state index is 12.8. The van der Waals surface area contributed by atoms with Crippen molar-refractivity contribution >= 4 is 21.6 Å². The number of carbonyl (C=O) groups excluding carboxylic acids is 1. The number of piperazine rings is 1. The summed E-state index contributed by atoms with van der Waals surface area (Å²) in [6.45, 7) is 6.15. The van der Waals surface area contributed by atoms with Crippen LogP contribution >= 0.6 is 0 Å². The van der Waals surface area contributed by atoms with Gasteiger partial charge in [0.05, 0.1) is 4.90 Å². The van der Waals surface area contributed by atoms with Crippen LogP contribution in [0.3, 0.4) is 0 Å². The number of carbonyl (C=O) groups is 1. The molecular weight excluding hydrogens is 416 g/mol. The van der Waals surface area contributed by atoms with Crippen molar-refractivity contribution in [1.82, 2.24) is 14.9 Å². The normalized spacial score (nSPS) is 14.6. The number of aryl methyl sites for hydroxylation is 2. The maximum absolute atomic E-state index is 12.8. The third-order valence-electron chi connectivity index (χ3n) is 5.15. The standard InChI is InChI=1S/C22H24N4O4S/c1-16-14-21(24-17(2)23-16)25-10-12-26(13-11-25)22(27)20-9-8-18(30-20)15-31(28,29)19-6-4-3-5-7-19/h3-9,14H,10-13,15H2,1-2H3. The molecule has 1 fully saturated rings. The van der Waals surface area contributed by atoms with Crippen molar-refractivity contribution in [2.75, 3.05) is 31.1 Å². The molecule has 2 aromatic heterocycles. The highest BCUT2D eigenvalue weighted by Crippen LogP contribution is 2.20. The predicted octanol–water partition coefficient (Wildman–Crippen LogP) is 2.62. The molecule has 162 valence electrons. The zero-order chi connectivity index (χ0) is 22.0. The molecule has 0 aliphatic carbocycles. The van der Waals surface area contributed by atoms with Gasteiger partial charge in [0.15, 0.2) is 15.6 Å². The minimum absolute atomic E-state index is 0.153. The van der Waals surface area contributed by atoms with Gasteiger partial charge in [-0.1, -0.05) is 18.2 Å². The van der Waals surface area contributed by atoms with Gasteiger partial charge in [-0.25, -0.2) is 18.4 Å². The number of benzene rings is 1. The summed E-state index contributed by atoms with van der Waals surface area (Å²) in [5.74, 6) is 1.46. The van der Waals surface area contributed by atoms with Gasteiger partial charge in [-0.3, -0.25) is 4.79 Å². The van der Waals surface area contributed by atoms with Crippen molar-refractivity contribution in [3.63, 3.8) is 0 Å². The van der Waals surface area contributed by atoms with E-state index in [9.17, 15) is 13.2 Å². The van der Waals surface area contributed by atoms with Crippen LogP contribution in [-0.2, 0) is 15.6 Å². The molecule has 31 heavy (non-hydrogen) atoms. The van der Waals surface area contributed by atoms with Crippen LogP contribution in [0.5, 0.6) is 0 Å². The van der Waals surface area contributed by atoms with Gasteiger partial charge in [0, 0.05) is 37.9 Å². The molecule has 0 N–H and O–H groups in total. The Morgan fingerprint density at radius 2 is 1.71 bits per heavy atom. The van der Waals surface area contributed by atoms with E-state index in [1.807, 2.05) is 19.9 Å². The summed E-state index contributed by atoms with van der Waals surface area (Å²) in [7, 11) is -3.53. The minimum atomic E-state index is -3.53. The first-order valence-corrected chi connectivity index (χ1v) is 11.7. The van der Waals surface area contributed by atoms with Crippen LogP contribution in [0, 0.1) is 13.8 Å². The molecule has 4 rings (SSSR count). The zero-order valence-electron chi connectivity index (χ0n) is 17.5. The van der Waals surface area contributed by atoms with Crippen LogP contribution in [0.15, 0.2) is 57.8 Å². The topological polar surface area (TPSA) is 96.6 Å². The molecule has 1 amide bonds. The Morgan fingerprint density at radius 3 is 2.39 bits per heavy atom. The molecular formula is C22H24N4O4S. The number of rotatable bonds is 5. The molecule has 0 radical (unpaired) electrons. The van der Waals surface area contributed by atoms with E-state index in [0.717, 1.165) is 17.3 Å². The van der Waals surface area contributed by atoms with E-state index in [1.54, 1.807) is 47.4 Å². The molecule has 3 heterocycles. The van der Waals surface area contributed by atoms with Crippen LogP contribution in [0.1, 0.15) is 27.8 Å². The number of hydrogen-bond acceptors (Lipinski definition) is 7. The molecule has 0 spiro atoms. The largest absolute Gasteiger partial charge is 0.455 e. The highest BCUT2D eigenvalue weighted by molar-refractivity contribution is 7.90. The van der Waals surface area contributed by atoms with Gasteiger partial charge in [-0.05, 0) is 38.1 Å². The molecule has 1 aromatic carbocycles. The van der Waals surface area contributed by atoms with Gasteiger partial charge in [0.25, 0.3) is 5.91 Å². The van der Waals surface area contributed by atoms with Gasteiger partial charge in [-0.2, -0.15) is 0 Å². The molecule has 1 aliphatic rings. The quantitative estimate of drug-likeness (QED) is 0.602. The maximum Gasteiger partial charge on any atom is 0.289 e. The highest BCUT2D eigenvalue weighted by Gasteiger charge is 2.26. The minimum Gasteiger partial charge on any atom is -0.455 e. The highest BCUT2D eigenvalue weighted by atomic mass is 32.2. The first-order valence-electron chi connectivity index (χ1n) is 10.0. The Balaban J connectivity index is 1.39. The van der Waals surface area contributed by atoms with Crippen molar-refractivity contribution in [2.24, 2.45) is 0 Å². The van der Waals surface area contributed by atoms with E-state index in [0.29, 0.717) is 26.2 Å². The SMILES string of the molecule is Cc1cc(N2CCN(C(=O)c3ccc(CS(=O)(=O)c4ccccc4)o3)CC2)nc(C)n1. The second kappa shape index (κ2) is 8.50. The van der Waals surface area contributed by atoms with Crippen LogP contribution < -0.4 is 4.90 Å². The van der Waals surface area contributed by atoms with E-state index in [4.69, 9.17) is 4.42 Å². The summed E-state index contributed by atoms with van der Waals surface area (Å²) in [6, 6.07) is 13.2. The Morgan fingerprint density at radius 1 is 1.00 bits per heavy atom. The average molecular weight is 441 g/mol. The molecule has 0 unspecified atom stereocenters. The molecule has 3 aromatic rings. The fourth-order valence-corrected chi connectivity index (χ4v) is 4.89. The van der Waals surface area contributed by atoms with E-state index in [2.05, 4.69) is 14.9 Å². The summed E-state index contributed by atoms with van der Waals surface area (Å²) in [5.41, 5.74) is 0.912. The monoisotopic (exact) mass is 440 g/mol. The fourth-order valence-electron chi connectivity index (χ4n) is 3.62. The van der Waals surface area contributed by atoms with Gasteiger partial charge in [0.2, 0.25) is 0 Å². The summed E-state index contributed by atoms with van der Waals surface area (Å²) >= 11 is 0. The van der Waals surface area contributed by atoms with E-state index < -0.39 is 9.84 Å². The number of nitrogens with zero attached hydrogens (tertiary/aromatic N) is 4. The molecule has 0 saturated carbocycles. The third-order valence-corrected chi connectivity index (χ3v) is 6.81. The second-order valence-corrected chi connectivity index (χ2v) is 9.52. The molecule has 1 saturated heterocycles. The Labute approximate surface area is 181 Å². The number of hydrogen-bond donors (Lipinski definition) is 0. The second-order valence-electron chi connectivity index (χ2n) is 7.53. The summed E-state index contributed by atoms with van der Waals surface area (Å²) in [6.07, 6.45) is 0. The predicted molar refractivity (Wildman–Crippen MR) is 116 cm³/mol. The van der Waals surface area contributed by atoms with Crippen molar-refractivity contribution in [1.29, 1.82) is 0 Å². The van der Waals surface area contributed by atoms with E-state index in [-0.39, 0.29) is 28.1 Å². The Bertz CT molecular complexity index is 1160. The fraction of sp³-hybridized carbons (Fsp3) is 0.318. The lowest BCUT2D eigenvalue weighted by Gasteiger charge is -2.35. The summed E-state index contributed by atoms with van der Waals surface area (Å²) < 4.78 is 30.7. The number of aromatic nitrogens is 2. The number of furan rings is 1. The van der Waals surface area contributed by atoms with Crippen molar-refractivity contribution in [3.05, 3.63) is 71.6 Å². The molecule has 8 nitrogen and oxygen atoms in total. The van der Waals surface area contributed by atoms with Crippen molar-refractivity contribution in [3.8, 4) is 0 Å².